The average molecular weight is 308 g/mol. The van der Waals surface area contributed by atoms with Crippen molar-refractivity contribution in [3.8, 4) is 0 Å². The van der Waals surface area contributed by atoms with Gasteiger partial charge in [-0.25, -0.2) is 14.8 Å². The summed E-state index contributed by atoms with van der Waals surface area (Å²) >= 11 is 3.42. The van der Waals surface area contributed by atoms with Gasteiger partial charge in [0, 0.05) is 22.6 Å². The molecule has 18 heavy (non-hydrogen) atoms. The molecule has 0 spiro atoms. The lowest BCUT2D eigenvalue weighted by Crippen LogP contribution is -2.02. The van der Waals surface area contributed by atoms with E-state index < -0.39 is 5.97 Å². The lowest BCUT2D eigenvalue weighted by Gasteiger charge is -2.06. The summed E-state index contributed by atoms with van der Waals surface area (Å²) in [5, 5.41) is 11.7. The monoisotopic (exact) mass is 307 g/mol. The maximum atomic E-state index is 10.6. The second-order valence-electron chi connectivity index (χ2n) is 3.69. The van der Waals surface area contributed by atoms with Crippen molar-refractivity contribution < 1.29 is 9.90 Å². The molecule has 92 valence electrons. The second kappa shape index (κ2) is 5.14. The molecular weight excluding hydrogens is 298 g/mol. The normalized spacial score (nSPS) is 10.1. The largest absolute Gasteiger partial charge is 0.478 e. The van der Waals surface area contributed by atoms with Crippen LogP contribution >= 0.6 is 15.9 Å². The summed E-state index contributed by atoms with van der Waals surface area (Å²) in [4.78, 5) is 18.5. The first-order valence-electron chi connectivity index (χ1n) is 5.15. The van der Waals surface area contributed by atoms with Crippen molar-refractivity contribution in [2.45, 2.75) is 6.92 Å². The van der Waals surface area contributed by atoms with E-state index in [0.29, 0.717) is 5.95 Å². The number of carboxylic acid groups (broad SMARTS) is 1. The zero-order chi connectivity index (χ0) is 13.1. The molecule has 0 aliphatic heterocycles. The van der Waals surface area contributed by atoms with Crippen LogP contribution in [0.15, 0.2) is 35.1 Å². The van der Waals surface area contributed by atoms with Crippen molar-refractivity contribution in [3.63, 3.8) is 0 Å². The lowest BCUT2D eigenvalue weighted by molar-refractivity contribution is 0.0696. The van der Waals surface area contributed by atoms with E-state index in [0.717, 1.165) is 15.7 Å². The predicted molar refractivity (Wildman–Crippen MR) is 71.2 cm³/mol. The van der Waals surface area contributed by atoms with Gasteiger partial charge in [0.05, 0.1) is 5.56 Å². The van der Waals surface area contributed by atoms with Crippen LogP contribution in [0.2, 0.25) is 0 Å². The Balaban J connectivity index is 2.18. The van der Waals surface area contributed by atoms with Gasteiger partial charge in [-0.1, -0.05) is 15.9 Å². The van der Waals surface area contributed by atoms with Crippen molar-refractivity contribution in [2.24, 2.45) is 0 Å². The number of benzene rings is 1. The Morgan fingerprint density at radius 1 is 1.33 bits per heavy atom. The number of nitrogens with one attached hydrogen (secondary N) is 1. The van der Waals surface area contributed by atoms with Crippen LogP contribution in [0.1, 0.15) is 15.9 Å². The Hall–Kier alpha value is -1.95. The summed E-state index contributed by atoms with van der Waals surface area (Å²) in [6.45, 7) is 1.98. The molecule has 0 saturated heterocycles. The fourth-order valence-electron chi connectivity index (χ4n) is 1.35. The van der Waals surface area contributed by atoms with E-state index in [-0.39, 0.29) is 5.56 Å². The summed E-state index contributed by atoms with van der Waals surface area (Å²) in [5.74, 6) is -0.678. The first-order valence-corrected chi connectivity index (χ1v) is 5.94. The Morgan fingerprint density at radius 2 is 2.00 bits per heavy atom. The minimum absolute atomic E-state index is 0.0625. The molecule has 0 radical (unpaired) electrons. The Labute approximate surface area is 112 Å². The van der Waals surface area contributed by atoms with Gasteiger partial charge in [0.15, 0.2) is 0 Å². The number of aromatic carboxylic acids is 1. The highest BCUT2D eigenvalue weighted by Gasteiger charge is 2.04. The minimum Gasteiger partial charge on any atom is -0.478 e. The molecule has 0 amide bonds. The maximum absolute atomic E-state index is 10.6. The standard InChI is InChI=1S/C12H10BrN3O2/c1-7-4-9(2-3-10(7)13)16-12-14-5-8(6-15-12)11(17)18/h2-6H,1H3,(H,17,18)(H,14,15,16). The van der Waals surface area contributed by atoms with E-state index >= 15 is 0 Å². The van der Waals surface area contributed by atoms with Crippen molar-refractivity contribution in [1.82, 2.24) is 9.97 Å². The van der Waals surface area contributed by atoms with E-state index in [1.165, 1.54) is 12.4 Å². The molecule has 1 aromatic carbocycles. The Morgan fingerprint density at radius 3 is 2.56 bits per heavy atom. The zero-order valence-electron chi connectivity index (χ0n) is 9.51. The smallest absolute Gasteiger partial charge is 0.338 e. The number of aryl methyl sites for hydroxylation is 1. The van der Waals surface area contributed by atoms with Crippen molar-refractivity contribution in [3.05, 3.63) is 46.2 Å². The number of nitrogens with zero attached hydrogens (tertiary/aromatic N) is 2. The van der Waals surface area contributed by atoms with E-state index in [1.807, 2.05) is 25.1 Å². The predicted octanol–water partition coefficient (Wildman–Crippen LogP) is 2.99. The molecular formula is C12H10BrN3O2. The van der Waals surface area contributed by atoms with Gasteiger partial charge >= 0.3 is 5.97 Å². The third kappa shape index (κ3) is 2.84. The van der Waals surface area contributed by atoms with Gasteiger partial charge in [-0.15, -0.1) is 0 Å². The number of carboxylic acids is 1. The van der Waals surface area contributed by atoms with Crippen molar-refractivity contribution in [2.75, 3.05) is 5.32 Å². The second-order valence-corrected chi connectivity index (χ2v) is 4.54. The Kier molecular flexibility index (Phi) is 3.57. The molecule has 5 nitrogen and oxygen atoms in total. The summed E-state index contributed by atoms with van der Waals surface area (Å²) in [7, 11) is 0. The van der Waals surface area contributed by atoms with E-state index in [2.05, 4.69) is 31.2 Å². The number of hydrogen-bond acceptors (Lipinski definition) is 4. The number of rotatable bonds is 3. The maximum Gasteiger partial charge on any atom is 0.338 e. The number of anilines is 2. The molecule has 1 heterocycles. The van der Waals surface area contributed by atoms with Gasteiger partial charge in [0.2, 0.25) is 5.95 Å². The van der Waals surface area contributed by atoms with Gasteiger partial charge in [0.1, 0.15) is 0 Å². The molecule has 6 heteroatoms. The first-order chi connectivity index (χ1) is 8.56. The van der Waals surface area contributed by atoms with E-state index in [9.17, 15) is 4.79 Å². The third-order valence-corrected chi connectivity index (χ3v) is 3.20. The number of aromatic nitrogens is 2. The highest BCUT2D eigenvalue weighted by Crippen LogP contribution is 2.21. The Bertz CT molecular complexity index is 584. The number of halogens is 1. The van der Waals surface area contributed by atoms with Gasteiger partial charge < -0.3 is 10.4 Å². The molecule has 0 aliphatic rings. The van der Waals surface area contributed by atoms with Crippen LogP contribution in [0.25, 0.3) is 0 Å². The molecule has 0 saturated carbocycles. The van der Waals surface area contributed by atoms with Crippen LogP contribution in [0, 0.1) is 6.92 Å². The van der Waals surface area contributed by atoms with Gasteiger partial charge in [0.25, 0.3) is 0 Å². The van der Waals surface area contributed by atoms with Crippen LogP contribution in [0.5, 0.6) is 0 Å². The van der Waals surface area contributed by atoms with Crippen LogP contribution in [0.3, 0.4) is 0 Å². The molecule has 2 N–H and O–H groups in total. The quantitative estimate of drug-likeness (QED) is 0.911. The van der Waals surface area contributed by atoms with Crippen LogP contribution < -0.4 is 5.32 Å². The summed E-state index contributed by atoms with van der Waals surface area (Å²) in [6.07, 6.45) is 2.53. The molecule has 0 bridgehead atoms. The lowest BCUT2D eigenvalue weighted by atomic mass is 10.2. The molecule has 2 aromatic rings. The average Bonchev–Trinajstić information content (AvgIpc) is 2.34. The van der Waals surface area contributed by atoms with Crippen molar-refractivity contribution >= 4 is 33.5 Å². The molecule has 0 unspecified atom stereocenters. The van der Waals surface area contributed by atoms with Gasteiger partial charge in [-0.3, -0.25) is 0 Å². The summed E-state index contributed by atoms with van der Waals surface area (Å²) in [6, 6.07) is 5.74. The third-order valence-electron chi connectivity index (χ3n) is 2.31. The summed E-state index contributed by atoms with van der Waals surface area (Å²) < 4.78 is 1.02. The molecule has 0 fully saturated rings. The number of hydrogen-bond donors (Lipinski definition) is 2. The minimum atomic E-state index is -1.04. The fourth-order valence-corrected chi connectivity index (χ4v) is 1.60. The van der Waals surface area contributed by atoms with Crippen LogP contribution in [-0.2, 0) is 0 Å². The summed E-state index contributed by atoms with van der Waals surface area (Å²) in [5.41, 5.74) is 1.99. The SMILES string of the molecule is Cc1cc(Nc2ncc(C(=O)O)cn2)ccc1Br. The topological polar surface area (TPSA) is 75.1 Å². The fraction of sp³-hybridized carbons (Fsp3) is 0.0833. The van der Waals surface area contributed by atoms with Crippen LogP contribution in [0.4, 0.5) is 11.6 Å². The van der Waals surface area contributed by atoms with Crippen molar-refractivity contribution in [1.29, 1.82) is 0 Å². The highest BCUT2D eigenvalue weighted by atomic mass is 79.9. The van der Waals surface area contributed by atoms with Gasteiger partial charge in [-0.05, 0) is 30.7 Å². The highest BCUT2D eigenvalue weighted by molar-refractivity contribution is 9.10. The molecule has 2 rings (SSSR count). The van der Waals surface area contributed by atoms with Gasteiger partial charge in [-0.2, -0.15) is 0 Å². The van der Waals surface area contributed by atoms with E-state index in [1.54, 1.807) is 0 Å². The molecule has 1 aromatic heterocycles. The molecule has 0 atom stereocenters. The van der Waals surface area contributed by atoms with Crippen LogP contribution in [-0.4, -0.2) is 21.0 Å². The van der Waals surface area contributed by atoms with E-state index in [4.69, 9.17) is 5.11 Å². The number of carbonyl (C=O) groups is 1. The zero-order valence-corrected chi connectivity index (χ0v) is 11.1. The first kappa shape index (κ1) is 12.5. The molecule has 0 aliphatic carbocycles.